The maximum atomic E-state index is 12.4. The van der Waals surface area contributed by atoms with E-state index in [1.165, 1.54) is 0 Å². The van der Waals surface area contributed by atoms with Crippen molar-refractivity contribution in [2.24, 2.45) is 0 Å². The second kappa shape index (κ2) is 9.39. The number of hydrogen-bond acceptors (Lipinski definition) is 5. The summed E-state index contributed by atoms with van der Waals surface area (Å²) < 4.78 is 32.6. The fraction of sp³-hybridized carbons (Fsp3) is 0.381. The molecule has 2 aromatic carbocycles. The number of benzene rings is 2. The average Bonchev–Trinajstić information content (AvgIpc) is 2.71. The van der Waals surface area contributed by atoms with Gasteiger partial charge in [-0.05, 0) is 61.4 Å². The van der Waals surface area contributed by atoms with E-state index in [-0.39, 0.29) is 23.8 Å². The fourth-order valence-electron chi connectivity index (χ4n) is 3.06. The molecule has 29 heavy (non-hydrogen) atoms. The Hall–Kier alpha value is -2.42. The van der Waals surface area contributed by atoms with Gasteiger partial charge in [0.15, 0.2) is 0 Å². The molecular formula is C21H27N3O4S. The summed E-state index contributed by atoms with van der Waals surface area (Å²) in [5.74, 6) is -0.244. The van der Waals surface area contributed by atoms with E-state index in [0.29, 0.717) is 5.69 Å². The minimum atomic E-state index is -3.63. The summed E-state index contributed by atoms with van der Waals surface area (Å²) in [4.78, 5) is 14.6. The Balaban J connectivity index is 1.48. The van der Waals surface area contributed by atoms with Crippen LogP contribution in [0.25, 0.3) is 0 Å². The first-order chi connectivity index (χ1) is 13.8. The number of amides is 1. The van der Waals surface area contributed by atoms with E-state index < -0.39 is 10.0 Å². The molecule has 0 radical (unpaired) electrons. The normalized spacial score (nSPS) is 14.6. The molecule has 0 spiro atoms. The number of rotatable bonds is 7. The fourth-order valence-corrected chi connectivity index (χ4v) is 4.18. The van der Waals surface area contributed by atoms with Crippen LogP contribution in [0.1, 0.15) is 17.5 Å². The van der Waals surface area contributed by atoms with Gasteiger partial charge in [0.1, 0.15) is 0 Å². The summed E-state index contributed by atoms with van der Waals surface area (Å²) in [6, 6.07) is 12.6. The van der Waals surface area contributed by atoms with Crippen LogP contribution in [0.2, 0.25) is 0 Å². The van der Waals surface area contributed by atoms with Crippen molar-refractivity contribution in [3.05, 3.63) is 53.6 Å². The monoisotopic (exact) mass is 417 g/mol. The van der Waals surface area contributed by atoms with Gasteiger partial charge in [-0.2, -0.15) is 0 Å². The molecule has 3 rings (SSSR count). The predicted octanol–water partition coefficient (Wildman–Crippen LogP) is 2.45. The molecule has 156 valence electrons. The second-order valence-electron chi connectivity index (χ2n) is 7.09. The molecular weight excluding hydrogens is 390 g/mol. The third kappa shape index (κ3) is 5.79. The van der Waals surface area contributed by atoms with Crippen molar-refractivity contribution in [2.75, 3.05) is 43.1 Å². The number of nitrogens with one attached hydrogen (secondary N) is 2. The van der Waals surface area contributed by atoms with Crippen molar-refractivity contribution in [1.82, 2.24) is 4.72 Å². The highest BCUT2D eigenvalue weighted by Crippen LogP contribution is 2.19. The van der Waals surface area contributed by atoms with E-state index in [2.05, 4.69) is 14.9 Å². The molecule has 1 amide bonds. The molecule has 0 bridgehead atoms. The van der Waals surface area contributed by atoms with Gasteiger partial charge in [-0.25, -0.2) is 13.1 Å². The number of sulfonamides is 1. The van der Waals surface area contributed by atoms with Crippen molar-refractivity contribution in [3.8, 4) is 0 Å². The highest BCUT2D eigenvalue weighted by molar-refractivity contribution is 7.89. The van der Waals surface area contributed by atoms with Gasteiger partial charge in [0, 0.05) is 37.4 Å². The van der Waals surface area contributed by atoms with Crippen LogP contribution < -0.4 is 14.9 Å². The van der Waals surface area contributed by atoms with E-state index in [9.17, 15) is 13.2 Å². The predicted molar refractivity (Wildman–Crippen MR) is 114 cm³/mol. The van der Waals surface area contributed by atoms with Crippen LogP contribution in [0, 0.1) is 13.8 Å². The topological polar surface area (TPSA) is 87.7 Å². The SMILES string of the molecule is Cc1ccc(S(=O)(=O)NCCC(=O)Nc2ccc(N3CCOCC3)cc2)cc1C. The van der Waals surface area contributed by atoms with Crippen molar-refractivity contribution >= 4 is 27.3 Å². The molecule has 0 unspecified atom stereocenters. The van der Waals surface area contributed by atoms with Gasteiger partial charge in [-0.3, -0.25) is 4.79 Å². The molecule has 0 atom stereocenters. The van der Waals surface area contributed by atoms with Gasteiger partial charge in [0.2, 0.25) is 15.9 Å². The van der Waals surface area contributed by atoms with E-state index in [1.54, 1.807) is 18.2 Å². The summed E-state index contributed by atoms with van der Waals surface area (Å²) in [5.41, 5.74) is 3.71. The molecule has 1 aliphatic heterocycles. The van der Waals surface area contributed by atoms with Gasteiger partial charge in [0.05, 0.1) is 18.1 Å². The Morgan fingerprint density at radius 1 is 1.03 bits per heavy atom. The average molecular weight is 418 g/mol. The molecule has 8 heteroatoms. The molecule has 1 aliphatic rings. The number of anilines is 2. The standard InChI is InChI=1S/C21H27N3O4S/c1-16-3-8-20(15-17(16)2)29(26,27)22-10-9-21(25)23-18-4-6-19(7-5-18)24-11-13-28-14-12-24/h3-8,15,22H,9-14H2,1-2H3,(H,23,25). The second-order valence-corrected chi connectivity index (χ2v) is 8.86. The number of ether oxygens (including phenoxy) is 1. The number of morpholine rings is 1. The smallest absolute Gasteiger partial charge is 0.240 e. The summed E-state index contributed by atoms with van der Waals surface area (Å²) in [5, 5.41) is 2.80. The Bertz CT molecular complexity index is 952. The molecule has 1 heterocycles. The quantitative estimate of drug-likeness (QED) is 0.723. The zero-order chi connectivity index (χ0) is 20.9. The number of aryl methyl sites for hydroxylation is 2. The summed E-state index contributed by atoms with van der Waals surface area (Å²) >= 11 is 0. The molecule has 1 saturated heterocycles. The summed E-state index contributed by atoms with van der Waals surface area (Å²) in [7, 11) is -3.63. The van der Waals surface area contributed by atoms with Crippen molar-refractivity contribution < 1.29 is 17.9 Å². The number of nitrogens with zero attached hydrogens (tertiary/aromatic N) is 1. The lowest BCUT2D eigenvalue weighted by atomic mass is 10.1. The molecule has 0 aliphatic carbocycles. The van der Waals surface area contributed by atoms with Gasteiger partial charge < -0.3 is 15.0 Å². The number of carbonyl (C=O) groups is 1. The Kier molecular flexibility index (Phi) is 6.89. The zero-order valence-electron chi connectivity index (χ0n) is 16.8. The van der Waals surface area contributed by atoms with Crippen LogP contribution in [0.3, 0.4) is 0 Å². The first-order valence-corrected chi connectivity index (χ1v) is 11.1. The lowest BCUT2D eigenvalue weighted by molar-refractivity contribution is -0.116. The van der Waals surface area contributed by atoms with Crippen molar-refractivity contribution in [2.45, 2.75) is 25.2 Å². The highest BCUT2D eigenvalue weighted by atomic mass is 32.2. The molecule has 1 fully saturated rings. The van der Waals surface area contributed by atoms with Crippen LogP contribution >= 0.6 is 0 Å². The molecule has 2 aromatic rings. The first kappa shape index (κ1) is 21.3. The largest absolute Gasteiger partial charge is 0.378 e. The number of hydrogen-bond donors (Lipinski definition) is 2. The van der Waals surface area contributed by atoms with Crippen LogP contribution in [0.15, 0.2) is 47.4 Å². The van der Waals surface area contributed by atoms with Crippen LogP contribution in [-0.4, -0.2) is 47.2 Å². The molecule has 0 saturated carbocycles. The van der Waals surface area contributed by atoms with E-state index in [4.69, 9.17) is 4.74 Å². The third-order valence-corrected chi connectivity index (χ3v) is 6.42. The lowest BCUT2D eigenvalue weighted by Crippen LogP contribution is -2.36. The van der Waals surface area contributed by atoms with E-state index >= 15 is 0 Å². The van der Waals surface area contributed by atoms with Gasteiger partial charge in [-0.15, -0.1) is 0 Å². The Morgan fingerprint density at radius 2 is 1.72 bits per heavy atom. The van der Waals surface area contributed by atoms with Gasteiger partial charge in [-0.1, -0.05) is 6.07 Å². The summed E-state index contributed by atoms with van der Waals surface area (Å²) in [6.45, 7) is 6.97. The third-order valence-electron chi connectivity index (χ3n) is 4.96. The van der Waals surface area contributed by atoms with Crippen LogP contribution in [0.5, 0.6) is 0 Å². The Morgan fingerprint density at radius 3 is 2.38 bits per heavy atom. The molecule has 2 N–H and O–H groups in total. The molecule has 7 nitrogen and oxygen atoms in total. The lowest BCUT2D eigenvalue weighted by Gasteiger charge is -2.28. The van der Waals surface area contributed by atoms with Crippen LogP contribution in [0.4, 0.5) is 11.4 Å². The van der Waals surface area contributed by atoms with Gasteiger partial charge in [0.25, 0.3) is 0 Å². The van der Waals surface area contributed by atoms with E-state index in [0.717, 1.165) is 43.1 Å². The maximum absolute atomic E-state index is 12.4. The van der Waals surface area contributed by atoms with Crippen molar-refractivity contribution in [3.63, 3.8) is 0 Å². The van der Waals surface area contributed by atoms with Crippen molar-refractivity contribution in [1.29, 1.82) is 0 Å². The van der Waals surface area contributed by atoms with E-state index in [1.807, 2.05) is 38.1 Å². The first-order valence-electron chi connectivity index (χ1n) is 9.65. The maximum Gasteiger partial charge on any atom is 0.240 e. The zero-order valence-corrected chi connectivity index (χ0v) is 17.6. The summed E-state index contributed by atoms with van der Waals surface area (Å²) in [6.07, 6.45) is 0.0509. The molecule has 0 aromatic heterocycles. The van der Waals surface area contributed by atoms with Gasteiger partial charge >= 0.3 is 0 Å². The minimum absolute atomic E-state index is 0.0347. The van der Waals surface area contributed by atoms with Crippen LogP contribution in [-0.2, 0) is 19.6 Å². The highest BCUT2D eigenvalue weighted by Gasteiger charge is 2.15. The number of carbonyl (C=O) groups excluding carboxylic acids is 1. The minimum Gasteiger partial charge on any atom is -0.378 e. The Labute approximate surface area is 172 Å².